The van der Waals surface area contributed by atoms with Crippen molar-refractivity contribution in [2.24, 2.45) is 5.73 Å². The van der Waals surface area contributed by atoms with Crippen molar-refractivity contribution in [3.05, 3.63) is 59.7 Å². The van der Waals surface area contributed by atoms with E-state index >= 15 is 0 Å². The maximum atomic E-state index is 12.4. The summed E-state index contributed by atoms with van der Waals surface area (Å²) in [6, 6.07) is 11.6. The largest absolute Gasteiger partial charge is 0.389 e. The minimum absolute atomic E-state index is 0.144. The maximum Gasteiger partial charge on any atom is 0.345 e. The molecule has 0 aliphatic heterocycles. The van der Waals surface area contributed by atoms with Gasteiger partial charge in [0.05, 0.1) is 11.1 Å². The molecule has 40 heavy (non-hydrogen) atoms. The van der Waals surface area contributed by atoms with E-state index in [2.05, 4.69) is 0 Å². The summed E-state index contributed by atoms with van der Waals surface area (Å²) < 4.78 is 9.69. The lowest BCUT2D eigenvalue weighted by Gasteiger charge is -2.22. The highest BCUT2D eigenvalue weighted by molar-refractivity contribution is 6.19. The van der Waals surface area contributed by atoms with E-state index in [1.165, 1.54) is 24.3 Å². The van der Waals surface area contributed by atoms with E-state index in [4.69, 9.17) is 61.6 Å². The Morgan fingerprint density at radius 1 is 0.650 bits per heavy atom. The number of alkyl halides is 4. The van der Waals surface area contributed by atoms with Gasteiger partial charge < -0.3 is 25.0 Å². The molecule has 0 aromatic heterocycles. The first-order valence-corrected chi connectivity index (χ1v) is 14.6. The number of ether oxygens (including phenoxy) is 2. The number of carbonyl (C=O) groups is 4. The van der Waals surface area contributed by atoms with E-state index < -0.39 is 29.9 Å². The third kappa shape index (κ3) is 10.8. The van der Waals surface area contributed by atoms with Crippen molar-refractivity contribution in [3.8, 4) is 0 Å². The zero-order valence-electron chi connectivity index (χ0n) is 21.7. The zero-order chi connectivity index (χ0) is 29.5. The van der Waals surface area contributed by atoms with E-state index in [9.17, 15) is 19.2 Å². The average molecular weight is 635 g/mol. The summed E-state index contributed by atoms with van der Waals surface area (Å²) in [4.78, 5) is 53.0. The second kappa shape index (κ2) is 18.0. The Labute approximate surface area is 253 Å². The molecule has 0 aliphatic rings. The minimum atomic E-state index is -1.28. The SMILES string of the molecule is N[C@@H](CCC(=O)OC(=O)c1ccc(N(CCCl)CCCl)cc1)C(=O)OC(=O)c1ccc(N(CCCl)CCCl)cc1. The normalized spacial score (nSPS) is 11.4. The van der Waals surface area contributed by atoms with Crippen LogP contribution in [-0.2, 0) is 19.1 Å². The summed E-state index contributed by atoms with van der Waals surface area (Å²) in [5.41, 5.74) is 7.72. The van der Waals surface area contributed by atoms with Gasteiger partial charge in [-0.3, -0.25) is 4.79 Å². The molecule has 0 unspecified atom stereocenters. The van der Waals surface area contributed by atoms with Gasteiger partial charge in [-0.05, 0) is 55.0 Å². The number of esters is 4. The second-order valence-corrected chi connectivity index (χ2v) is 9.95. The fraction of sp³-hybridized carbons (Fsp3) is 0.407. The molecule has 218 valence electrons. The lowest BCUT2D eigenvalue weighted by Crippen LogP contribution is -2.34. The van der Waals surface area contributed by atoms with E-state index in [-0.39, 0.29) is 24.0 Å². The molecule has 13 heteroatoms. The van der Waals surface area contributed by atoms with Crippen LogP contribution < -0.4 is 15.5 Å². The molecule has 0 bridgehead atoms. The number of benzene rings is 2. The van der Waals surface area contributed by atoms with Gasteiger partial charge >= 0.3 is 23.9 Å². The van der Waals surface area contributed by atoms with Crippen molar-refractivity contribution in [2.45, 2.75) is 18.9 Å². The lowest BCUT2D eigenvalue weighted by molar-refractivity contribution is -0.140. The highest BCUT2D eigenvalue weighted by Gasteiger charge is 2.22. The summed E-state index contributed by atoms with van der Waals surface area (Å²) in [5, 5.41) is 0. The first-order valence-electron chi connectivity index (χ1n) is 12.4. The van der Waals surface area contributed by atoms with Crippen molar-refractivity contribution in [2.75, 3.05) is 59.5 Å². The summed E-state index contributed by atoms with van der Waals surface area (Å²) >= 11 is 23.3. The Morgan fingerprint density at radius 3 is 1.40 bits per heavy atom. The van der Waals surface area contributed by atoms with Crippen LogP contribution in [0.5, 0.6) is 0 Å². The summed E-state index contributed by atoms with van der Waals surface area (Å²) in [6.45, 7) is 2.32. The average Bonchev–Trinajstić information content (AvgIpc) is 2.95. The van der Waals surface area contributed by atoms with Crippen LogP contribution in [0.1, 0.15) is 33.6 Å². The number of nitrogens with two attached hydrogens (primary N) is 1. The molecule has 0 fully saturated rings. The van der Waals surface area contributed by atoms with Crippen LogP contribution in [0.2, 0.25) is 0 Å². The Bertz CT molecular complexity index is 1110. The molecule has 0 amide bonds. The Balaban J connectivity index is 1.83. The molecule has 0 radical (unpaired) electrons. The van der Waals surface area contributed by atoms with Crippen molar-refractivity contribution >= 4 is 81.7 Å². The smallest absolute Gasteiger partial charge is 0.345 e. The van der Waals surface area contributed by atoms with Gasteiger partial charge in [-0.15, -0.1) is 46.4 Å². The van der Waals surface area contributed by atoms with Crippen LogP contribution >= 0.6 is 46.4 Å². The molecule has 0 saturated heterocycles. The van der Waals surface area contributed by atoms with Gasteiger partial charge in [0.25, 0.3) is 0 Å². The predicted molar refractivity (Wildman–Crippen MR) is 158 cm³/mol. The highest BCUT2D eigenvalue weighted by atomic mass is 35.5. The van der Waals surface area contributed by atoms with E-state index in [0.29, 0.717) is 49.7 Å². The number of nitrogens with zero attached hydrogens (tertiary/aromatic N) is 2. The molecule has 2 aromatic carbocycles. The predicted octanol–water partition coefficient (Wildman–Crippen LogP) is 4.43. The molecule has 1 atom stereocenters. The molecular weight excluding hydrogens is 604 g/mol. The van der Waals surface area contributed by atoms with Crippen LogP contribution in [0.25, 0.3) is 0 Å². The van der Waals surface area contributed by atoms with Crippen LogP contribution in [0.3, 0.4) is 0 Å². The van der Waals surface area contributed by atoms with Gasteiger partial charge in [-0.1, -0.05) is 0 Å². The molecule has 9 nitrogen and oxygen atoms in total. The van der Waals surface area contributed by atoms with Crippen LogP contribution in [0.4, 0.5) is 11.4 Å². The van der Waals surface area contributed by atoms with Crippen molar-refractivity contribution in [3.63, 3.8) is 0 Å². The Kier molecular flexibility index (Phi) is 15.1. The zero-order valence-corrected chi connectivity index (χ0v) is 24.7. The van der Waals surface area contributed by atoms with Gasteiger partial charge in [0.2, 0.25) is 0 Å². The second-order valence-electron chi connectivity index (χ2n) is 8.44. The van der Waals surface area contributed by atoms with Gasteiger partial charge in [0.15, 0.2) is 0 Å². The van der Waals surface area contributed by atoms with Gasteiger partial charge in [-0.25, -0.2) is 14.4 Å². The number of halogens is 4. The number of anilines is 2. The lowest BCUT2D eigenvalue weighted by atomic mass is 10.1. The molecule has 2 N–H and O–H groups in total. The van der Waals surface area contributed by atoms with Crippen LogP contribution in [-0.4, -0.2) is 79.6 Å². The first kappa shape index (κ1) is 33.6. The number of carbonyl (C=O) groups excluding carboxylic acids is 4. The van der Waals surface area contributed by atoms with Crippen LogP contribution in [0, 0.1) is 0 Å². The summed E-state index contributed by atoms with van der Waals surface area (Å²) in [6.07, 6.45) is -0.521. The van der Waals surface area contributed by atoms with Crippen molar-refractivity contribution in [1.82, 2.24) is 0 Å². The minimum Gasteiger partial charge on any atom is -0.389 e. The molecule has 0 heterocycles. The monoisotopic (exact) mass is 633 g/mol. The standard InChI is InChI=1S/C27H31Cl4N3O6/c28-11-15-33(16-12-29)21-5-1-19(2-6-21)25(36)39-24(35)10-9-23(32)27(38)40-26(37)20-3-7-22(8-4-20)34(17-13-30)18-14-31/h1-8,23H,9-18,32H2/t23-/m0/s1. The molecule has 0 aliphatic carbocycles. The number of hydrogen-bond acceptors (Lipinski definition) is 9. The topological polar surface area (TPSA) is 119 Å². The van der Waals surface area contributed by atoms with Crippen molar-refractivity contribution in [1.29, 1.82) is 0 Å². The van der Waals surface area contributed by atoms with E-state index in [1.54, 1.807) is 24.3 Å². The van der Waals surface area contributed by atoms with Gasteiger partial charge in [0.1, 0.15) is 6.04 Å². The van der Waals surface area contributed by atoms with E-state index in [0.717, 1.165) is 11.4 Å². The molecular formula is C27H31Cl4N3O6. The number of hydrogen-bond donors (Lipinski definition) is 1. The third-order valence-corrected chi connectivity index (χ3v) is 6.39. The van der Waals surface area contributed by atoms with Gasteiger partial charge in [0, 0.05) is 67.5 Å². The highest BCUT2D eigenvalue weighted by Crippen LogP contribution is 2.18. The van der Waals surface area contributed by atoms with Crippen LogP contribution in [0.15, 0.2) is 48.5 Å². The Hall–Kier alpha value is -2.56. The summed E-state index contributed by atoms with van der Waals surface area (Å²) in [5.74, 6) is -1.96. The molecule has 0 spiro atoms. The molecule has 2 aromatic rings. The van der Waals surface area contributed by atoms with E-state index in [1.807, 2.05) is 9.80 Å². The third-order valence-electron chi connectivity index (χ3n) is 5.72. The quantitative estimate of drug-likeness (QED) is 0.162. The fourth-order valence-electron chi connectivity index (χ4n) is 3.60. The van der Waals surface area contributed by atoms with Gasteiger partial charge in [-0.2, -0.15) is 0 Å². The number of rotatable bonds is 16. The summed E-state index contributed by atoms with van der Waals surface area (Å²) in [7, 11) is 0. The maximum absolute atomic E-state index is 12.4. The first-order chi connectivity index (χ1) is 19.2. The Morgan fingerprint density at radius 2 is 1.02 bits per heavy atom. The van der Waals surface area contributed by atoms with Crippen molar-refractivity contribution < 1.29 is 28.7 Å². The fourth-order valence-corrected chi connectivity index (χ4v) is 4.41. The molecule has 0 saturated carbocycles. The molecule has 2 rings (SSSR count).